The molecule has 5 heterocycles. The summed E-state index contributed by atoms with van der Waals surface area (Å²) in [4.78, 5) is 10.4. The van der Waals surface area contributed by atoms with Gasteiger partial charge in [0.2, 0.25) is 4.96 Å². The Kier molecular flexibility index (Phi) is 6.68. The molecule has 2 aromatic carbocycles. The molecule has 0 unspecified atom stereocenters. The Morgan fingerprint density at radius 3 is 2.63 bits per heavy atom. The molecular formula is C29H25BN4O5S2. The Morgan fingerprint density at radius 2 is 1.88 bits per heavy atom. The van der Waals surface area contributed by atoms with Gasteiger partial charge in [-0.15, -0.1) is 16.4 Å². The number of benzene rings is 2. The topological polar surface area (TPSA) is 93.1 Å². The van der Waals surface area contributed by atoms with E-state index >= 15 is 0 Å². The minimum atomic E-state index is -0.200. The van der Waals surface area contributed by atoms with Crippen LogP contribution in [0.15, 0.2) is 58.5 Å². The lowest BCUT2D eigenvalue weighted by Gasteiger charge is -2.36. The van der Waals surface area contributed by atoms with Gasteiger partial charge in [0.15, 0.2) is 5.76 Å². The highest BCUT2D eigenvalue weighted by molar-refractivity contribution is 7.18. The van der Waals surface area contributed by atoms with E-state index < -0.39 is 0 Å². The first-order valence-corrected chi connectivity index (χ1v) is 14.8. The summed E-state index contributed by atoms with van der Waals surface area (Å²) in [5, 5.41) is 8.85. The number of ether oxygens (including phenoxy) is 4. The van der Waals surface area contributed by atoms with Crippen LogP contribution in [-0.4, -0.2) is 54.9 Å². The van der Waals surface area contributed by atoms with E-state index in [0.717, 1.165) is 34.4 Å². The maximum Gasteiger partial charge on any atom is 0.294 e. The zero-order chi connectivity index (χ0) is 28.0. The second-order valence-corrected chi connectivity index (χ2v) is 11.6. The summed E-state index contributed by atoms with van der Waals surface area (Å²) in [6.45, 7) is 1.69. The molecule has 0 spiro atoms. The van der Waals surface area contributed by atoms with Gasteiger partial charge < -0.3 is 23.4 Å². The Labute approximate surface area is 245 Å². The largest absolute Gasteiger partial charge is 0.496 e. The molecule has 0 aliphatic carbocycles. The van der Waals surface area contributed by atoms with Crippen molar-refractivity contribution in [1.29, 1.82) is 0 Å². The molecule has 1 saturated heterocycles. The van der Waals surface area contributed by atoms with Crippen molar-refractivity contribution in [3.05, 3.63) is 70.3 Å². The SMILES string of the molecule is [B]c1ccc(C2(c3nc(COc4cc(OC)cc5oc(-c6cn7nc(OC)sc7n6)cc45)cs3)CCOCC2)cc1. The molecule has 0 atom stereocenters. The zero-order valence-corrected chi connectivity index (χ0v) is 24.1. The standard InChI is InChI=1S/C29H25BN4O5S2/c1-35-20-11-23(21-13-25(39-24(21)12-20)22-14-34-27(32-22)41-28(33-34)36-2)38-15-19-16-40-26(31-19)29(7-9-37-10-8-29)17-3-5-18(30)6-4-17/h3-6,11-14,16H,7-10,15H2,1-2H3. The van der Waals surface area contributed by atoms with Gasteiger partial charge in [-0.1, -0.05) is 29.7 Å². The van der Waals surface area contributed by atoms with E-state index in [9.17, 15) is 0 Å². The third-order valence-corrected chi connectivity index (χ3v) is 9.39. The van der Waals surface area contributed by atoms with Gasteiger partial charge in [-0.3, -0.25) is 0 Å². The monoisotopic (exact) mass is 584 g/mol. The number of rotatable bonds is 8. The second kappa shape index (κ2) is 10.5. The van der Waals surface area contributed by atoms with Gasteiger partial charge in [-0.2, -0.15) is 0 Å². The normalized spacial score (nSPS) is 15.0. The molecule has 9 nitrogen and oxygen atoms in total. The van der Waals surface area contributed by atoms with Crippen LogP contribution < -0.4 is 19.7 Å². The van der Waals surface area contributed by atoms with E-state index in [4.69, 9.17) is 36.2 Å². The van der Waals surface area contributed by atoms with Gasteiger partial charge in [0.05, 0.1) is 36.9 Å². The van der Waals surface area contributed by atoms with Gasteiger partial charge in [0.25, 0.3) is 5.19 Å². The molecule has 7 rings (SSSR count). The van der Waals surface area contributed by atoms with Crippen molar-refractivity contribution in [3.63, 3.8) is 0 Å². The van der Waals surface area contributed by atoms with E-state index in [1.165, 1.54) is 16.9 Å². The predicted octanol–water partition coefficient (Wildman–Crippen LogP) is 5.15. The molecule has 0 N–H and O–H groups in total. The lowest BCUT2D eigenvalue weighted by atomic mass is 9.74. The van der Waals surface area contributed by atoms with Crippen molar-refractivity contribution in [3.8, 4) is 28.1 Å². The van der Waals surface area contributed by atoms with Crippen molar-refractivity contribution in [1.82, 2.24) is 19.6 Å². The van der Waals surface area contributed by atoms with Gasteiger partial charge in [0, 0.05) is 30.7 Å². The zero-order valence-electron chi connectivity index (χ0n) is 22.5. The fourth-order valence-corrected chi connectivity index (χ4v) is 7.01. The number of fused-ring (bicyclic) bond motifs is 2. The van der Waals surface area contributed by atoms with E-state index in [2.05, 4.69) is 27.6 Å². The van der Waals surface area contributed by atoms with Crippen LogP contribution in [0.25, 0.3) is 27.4 Å². The average Bonchev–Trinajstić information content (AvgIpc) is 3.79. The highest BCUT2D eigenvalue weighted by atomic mass is 32.1. The summed E-state index contributed by atoms with van der Waals surface area (Å²) in [5.74, 6) is 1.88. The quantitative estimate of drug-likeness (QED) is 0.227. The van der Waals surface area contributed by atoms with Crippen molar-refractivity contribution < 1.29 is 23.4 Å². The lowest BCUT2D eigenvalue weighted by molar-refractivity contribution is 0.0629. The van der Waals surface area contributed by atoms with Crippen molar-refractivity contribution >= 4 is 51.9 Å². The molecule has 2 radical (unpaired) electrons. The number of imidazole rings is 1. The number of aromatic nitrogens is 4. The van der Waals surface area contributed by atoms with Crippen LogP contribution in [-0.2, 0) is 16.8 Å². The predicted molar refractivity (Wildman–Crippen MR) is 158 cm³/mol. The number of thiazole rings is 1. The van der Waals surface area contributed by atoms with Crippen LogP contribution in [0.2, 0.25) is 0 Å². The number of hydrogen-bond donors (Lipinski definition) is 0. The number of hydrogen-bond acceptors (Lipinski definition) is 10. The summed E-state index contributed by atoms with van der Waals surface area (Å²) in [6.07, 6.45) is 3.55. The van der Waals surface area contributed by atoms with E-state index in [1.807, 2.05) is 36.5 Å². The molecule has 206 valence electrons. The molecule has 0 amide bonds. The first-order valence-electron chi connectivity index (χ1n) is 13.1. The Hall–Kier alpha value is -3.87. The summed E-state index contributed by atoms with van der Waals surface area (Å²) in [6, 6.07) is 13.8. The molecule has 41 heavy (non-hydrogen) atoms. The Morgan fingerprint density at radius 1 is 1.05 bits per heavy atom. The van der Waals surface area contributed by atoms with Crippen LogP contribution in [0.1, 0.15) is 29.1 Å². The summed E-state index contributed by atoms with van der Waals surface area (Å²) < 4.78 is 30.6. The Balaban J connectivity index is 1.17. The van der Waals surface area contributed by atoms with Crippen molar-refractivity contribution in [2.24, 2.45) is 0 Å². The van der Waals surface area contributed by atoms with Crippen molar-refractivity contribution in [2.75, 3.05) is 27.4 Å². The highest BCUT2D eigenvalue weighted by Crippen LogP contribution is 2.43. The highest BCUT2D eigenvalue weighted by Gasteiger charge is 2.39. The fraction of sp³-hybridized carbons (Fsp3) is 0.276. The molecule has 6 aromatic rings. The second-order valence-electron chi connectivity index (χ2n) is 9.82. The van der Waals surface area contributed by atoms with Crippen LogP contribution >= 0.6 is 22.7 Å². The third kappa shape index (κ3) is 4.75. The van der Waals surface area contributed by atoms with E-state index in [-0.39, 0.29) is 5.41 Å². The molecule has 0 saturated carbocycles. The maximum absolute atomic E-state index is 6.34. The van der Waals surface area contributed by atoms with Crippen LogP contribution in [0.4, 0.5) is 0 Å². The summed E-state index contributed by atoms with van der Waals surface area (Å²) in [7, 11) is 9.18. The third-order valence-electron chi connectivity index (χ3n) is 7.41. The van der Waals surface area contributed by atoms with Gasteiger partial charge in [0.1, 0.15) is 42.2 Å². The summed E-state index contributed by atoms with van der Waals surface area (Å²) in [5.41, 5.74) is 3.93. The number of methoxy groups -OCH3 is 2. The van der Waals surface area contributed by atoms with Crippen LogP contribution in [0, 0.1) is 0 Å². The van der Waals surface area contributed by atoms with Crippen LogP contribution in [0.5, 0.6) is 16.7 Å². The van der Waals surface area contributed by atoms with Gasteiger partial charge in [-0.05, 0) is 35.8 Å². The first-order chi connectivity index (χ1) is 20.0. The Bertz CT molecular complexity index is 1800. The molecule has 1 aliphatic rings. The molecule has 4 aromatic heterocycles. The lowest BCUT2D eigenvalue weighted by Crippen LogP contribution is -2.35. The van der Waals surface area contributed by atoms with Crippen LogP contribution in [0.3, 0.4) is 0 Å². The molecule has 1 aliphatic heterocycles. The smallest absolute Gasteiger partial charge is 0.294 e. The molecule has 0 bridgehead atoms. The minimum absolute atomic E-state index is 0.200. The molecule has 1 fully saturated rings. The average molecular weight is 584 g/mol. The molecule has 12 heteroatoms. The fourth-order valence-electron chi connectivity index (χ4n) is 5.22. The number of furan rings is 1. The van der Waals surface area contributed by atoms with E-state index in [0.29, 0.717) is 58.5 Å². The van der Waals surface area contributed by atoms with Crippen molar-refractivity contribution in [2.45, 2.75) is 24.9 Å². The number of nitrogens with zero attached hydrogens (tertiary/aromatic N) is 4. The summed E-state index contributed by atoms with van der Waals surface area (Å²) >= 11 is 3.02. The molecular weight excluding hydrogens is 559 g/mol. The van der Waals surface area contributed by atoms with Gasteiger partial charge >= 0.3 is 0 Å². The maximum atomic E-state index is 6.34. The van der Waals surface area contributed by atoms with Gasteiger partial charge in [-0.25, -0.2) is 14.5 Å². The minimum Gasteiger partial charge on any atom is -0.496 e. The van der Waals surface area contributed by atoms with E-state index in [1.54, 1.807) is 30.1 Å². The first kappa shape index (κ1) is 26.1.